The van der Waals surface area contributed by atoms with Gasteiger partial charge in [0.05, 0.1) is 12.0 Å². The van der Waals surface area contributed by atoms with Crippen molar-refractivity contribution in [2.24, 2.45) is 0 Å². The van der Waals surface area contributed by atoms with E-state index in [1.807, 2.05) is 57.2 Å². The number of nitrogens with one attached hydrogen (secondary N) is 3. The van der Waals surface area contributed by atoms with Crippen molar-refractivity contribution < 1.29 is 14.1 Å². The molecule has 2 heterocycles. The lowest BCUT2D eigenvalue weighted by atomic mass is 9.93. The van der Waals surface area contributed by atoms with Gasteiger partial charge >= 0.3 is 0 Å². The van der Waals surface area contributed by atoms with Gasteiger partial charge in [0, 0.05) is 34.3 Å². The summed E-state index contributed by atoms with van der Waals surface area (Å²) in [7, 11) is 0. The Balaban J connectivity index is 1.36. The van der Waals surface area contributed by atoms with Gasteiger partial charge in [-0.3, -0.25) is 9.59 Å². The highest BCUT2D eigenvalue weighted by Gasteiger charge is 2.20. The maximum Gasteiger partial charge on any atom is 0.257 e. The Morgan fingerprint density at radius 3 is 2.48 bits per heavy atom. The van der Waals surface area contributed by atoms with Gasteiger partial charge in [0.2, 0.25) is 5.91 Å². The van der Waals surface area contributed by atoms with Crippen LogP contribution in [-0.2, 0) is 16.6 Å². The van der Waals surface area contributed by atoms with Crippen molar-refractivity contribution >= 4 is 34.2 Å². The van der Waals surface area contributed by atoms with Crippen LogP contribution in [0.1, 0.15) is 42.5 Å². The number of benzene rings is 2. The first-order valence-corrected chi connectivity index (χ1v) is 10.0. The normalized spacial score (nSPS) is 11.5. The van der Waals surface area contributed by atoms with Crippen molar-refractivity contribution in [2.45, 2.75) is 32.6 Å². The maximum absolute atomic E-state index is 12.6. The summed E-state index contributed by atoms with van der Waals surface area (Å²) >= 11 is 0. The lowest BCUT2D eigenvalue weighted by molar-refractivity contribution is -0.115. The molecule has 2 aromatic heterocycles. The summed E-state index contributed by atoms with van der Waals surface area (Å²) in [6.07, 6.45) is 1.89. The molecule has 0 spiro atoms. The number of rotatable bonds is 5. The number of anilines is 2. The molecule has 0 saturated heterocycles. The Bertz CT molecular complexity index is 1230. The van der Waals surface area contributed by atoms with Crippen LogP contribution in [-0.4, -0.2) is 22.0 Å². The first-order chi connectivity index (χ1) is 14.8. The molecular weight excluding hydrogens is 392 g/mol. The van der Waals surface area contributed by atoms with Gasteiger partial charge < -0.3 is 20.1 Å². The Labute approximate surface area is 179 Å². The largest absolute Gasteiger partial charge is 0.360 e. The number of hydrogen-bond donors (Lipinski definition) is 3. The third-order valence-corrected chi connectivity index (χ3v) is 4.93. The fourth-order valence-corrected chi connectivity index (χ4v) is 3.22. The van der Waals surface area contributed by atoms with E-state index < -0.39 is 0 Å². The number of H-pyrrole nitrogens is 1. The molecule has 0 unspecified atom stereocenters. The van der Waals surface area contributed by atoms with E-state index >= 15 is 0 Å². The molecule has 2 amide bonds. The third-order valence-electron chi connectivity index (χ3n) is 4.93. The van der Waals surface area contributed by atoms with Crippen LogP contribution in [0.3, 0.4) is 0 Å². The van der Waals surface area contributed by atoms with Gasteiger partial charge in [-0.2, -0.15) is 0 Å². The number of nitrogens with zero attached hydrogens (tertiary/aromatic N) is 1. The van der Waals surface area contributed by atoms with Gasteiger partial charge in [0.25, 0.3) is 5.91 Å². The summed E-state index contributed by atoms with van der Waals surface area (Å²) in [5.41, 5.74) is 2.80. The van der Waals surface area contributed by atoms with Crippen LogP contribution in [0.4, 0.5) is 11.5 Å². The summed E-state index contributed by atoms with van der Waals surface area (Å²) < 4.78 is 5.28. The van der Waals surface area contributed by atoms with E-state index in [1.54, 1.807) is 24.4 Å². The van der Waals surface area contributed by atoms with E-state index in [4.69, 9.17) is 4.52 Å². The predicted octanol–water partition coefficient (Wildman–Crippen LogP) is 4.89. The van der Waals surface area contributed by atoms with E-state index in [-0.39, 0.29) is 23.7 Å². The predicted molar refractivity (Wildman–Crippen MR) is 120 cm³/mol. The number of aromatic amines is 1. The quantitative estimate of drug-likeness (QED) is 0.431. The van der Waals surface area contributed by atoms with Crippen LogP contribution in [0.15, 0.2) is 65.3 Å². The molecule has 2 aromatic carbocycles. The minimum atomic E-state index is -0.191. The van der Waals surface area contributed by atoms with E-state index in [1.165, 1.54) is 0 Å². The highest BCUT2D eigenvalue weighted by molar-refractivity contribution is 6.12. The molecule has 0 aliphatic carbocycles. The fourth-order valence-electron chi connectivity index (χ4n) is 3.22. The summed E-state index contributed by atoms with van der Waals surface area (Å²) in [5, 5.41) is 10.4. The standard InChI is InChI=1S/C24H24N4O3/c1-24(2,3)20-13-21(28-31-20)27-22(29)12-15-8-10-16(11-9-15)26-23(30)18-14-25-19-7-5-4-6-17(18)19/h4-11,13-14,25H,12H2,1-3H3,(H,26,30)(H,27,28,29). The molecule has 3 N–H and O–H groups in total. The first-order valence-electron chi connectivity index (χ1n) is 10.0. The van der Waals surface area contributed by atoms with Crippen LogP contribution in [0.5, 0.6) is 0 Å². The average Bonchev–Trinajstić information content (AvgIpc) is 3.36. The second-order valence-corrected chi connectivity index (χ2v) is 8.45. The molecule has 7 nitrogen and oxygen atoms in total. The molecule has 4 rings (SSSR count). The Morgan fingerprint density at radius 2 is 1.77 bits per heavy atom. The van der Waals surface area contributed by atoms with Gasteiger partial charge in [0.1, 0.15) is 5.76 Å². The topological polar surface area (TPSA) is 100 Å². The van der Waals surface area contributed by atoms with Gasteiger partial charge in [-0.15, -0.1) is 0 Å². The van der Waals surface area contributed by atoms with E-state index in [0.717, 1.165) is 16.5 Å². The van der Waals surface area contributed by atoms with Crippen molar-refractivity contribution in [3.05, 3.63) is 77.7 Å². The molecule has 0 fully saturated rings. The molecule has 4 aromatic rings. The summed E-state index contributed by atoms with van der Waals surface area (Å²) in [5.74, 6) is 0.726. The zero-order valence-electron chi connectivity index (χ0n) is 17.7. The van der Waals surface area contributed by atoms with Crippen molar-refractivity contribution in [1.29, 1.82) is 0 Å². The summed E-state index contributed by atoms with van der Waals surface area (Å²) in [6, 6.07) is 16.6. The maximum atomic E-state index is 12.6. The van der Waals surface area contributed by atoms with Crippen LogP contribution < -0.4 is 10.6 Å². The molecule has 0 bridgehead atoms. The number of aromatic nitrogens is 2. The van der Waals surface area contributed by atoms with Crippen molar-refractivity contribution in [3.8, 4) is 0 Å². The van der Waals surface area contributed by atoms with Gasteiger partial charge in [0.15, 0.2) is 5.82 Å². The molecule has 0 saturated carbocycles. The van der Waals surface area contributed by atoms with Gasteiger partial charge in [-0.1, -0.05) is 56.3 Å². The number of carbonyl (C=O) groups excluding carboxylic acids is 2. The number of carbonyl (C=O) groups is 2. The van der Waals surface area contributed by atoms with E-state index in [0.29, 0.717) is 22.8 Å². The smallest absolute Gasteiger partial charge is 0.257 e. The number of fused-ring (bicyclic) bond motifs is 1. The SMILES string of the molecule is CC(C)(C)c1cc(NC(=O)Cc2ccc(NC(=O)c3c[nH]c4ccccc34)cc2)no1. The number of amides is 2. The monoisotopic (exact) mass is 416 g/mol. The van der Waals surface area contributed by atoms with E-state index in [9.17, 15) is 9.59 Å². The Kier molecular flexibility index (Phi) is 5.33. The molecular formula is C24H24N4O3. The minimum absolute atomic E-state index is 0.178. The van der Waals surface area contributed by atoms with Crippen LogP contribution in [0.2, 0.25) is 0 Å². The molecule has 0 atom stereocenters. The summed E-state index contributed by atoms with van der Waals surface area (Å²) in [6.45, 7) is 6.04. The molecule has 0 aliphatic heterocycles. The third kappa shape index (κ3) is 4.66. The highest BCUT2D eigenvalue weighted by Crippen LogP contribution is 2.24. The van der Waals surface area contributed by atoms with Crippen LogP contribution in [0.25, 0.3) is 10.9 Å². The van der Waals surface area contributed by atoms with Crippen molar-refractivity contribution in [3.63, 3.8) is 0 Å². The molecule has 0 radical (unpaired) electrons. The highest BCUT2D eigenvalue weighted by atomic mass is 16.5. The first kappa shape index (κ1) is 20.4. The molecule has 31 heavy (non-hydrogen) atoms. The van der Waals surface area contributed by atoms with Crippen molar-refractivity contribution in [1.82, 2.24) is 10.1 Å². The minimum Gasteiger partial charge on any atom is -0.360 e. The van der Waals surface area contributed by atoms with Crippen LogP contribution in [0, 0.1) is 0 Å². The zero-order chi connectivity index (χ0) is 22.0. The second-order valence-electron chi connectivity index (χ2n) is 8.45. The number of para-hydroxylation sites is 1. The molecule has 0 aliphatic rings. The second kappa shape index (κ2) is 8.10. The lowest BCUT2D eigenvalue weighted by Gasteiger charge is -2.12. The summed E-state index contributed by atoms with van der Waals surface area (Å²) in [4.78, 5) is 28.0. The van der Waals surface area contributed by atoms with Crippen molar-refractivity contribution in [2.75, 3.05) is 10.6 Å². The molecule has 158 valence electrons. The number of hydrogen-bond acceptors (Lipinski definition) is 4. The van der Waals surface area contributed by atoms with Gasteiger partial charge in [-0.05, 0) is 23.8 Å². The Morgan fingerprint density at radius 1 is 1.03 bits per heavy atom. The molecule has 7 heteroatoms. The Hall–Kier alpha value is -3.87. The van der Waals surface area contributed by atoms with E-state index in [2.05, 4.69) is 20.8 Å². The fraction of sp³-hybridized carbons (Fsp3) is 0.208. The lowest BCUT2D eigenvalue weighted by Crippen LogP contribution is -2.15. The van der Waals surface area contributed by atoms with Crippen LogP contribution >= 0.6 is 0 Å². The zero-order valence-corrected chi connectivity index (χ0v) is 17.7. The average molecular weight is 416 g/mol. The van der Waals surface area contributed by atoms with Gasteiger partial charge in [-0.25, -0.2) is 0 Å².